The second-order valence-corrected chi connectivity index (χ2v) is 8.00. The summed E-state index contributed by atoms with van der Waals surface area (Å²) in [6.07, 6.45) is 0.655. The lowest BCUT2D eigenvalue weighted by Gasteiger charge is -2.23. The number of hydrogen-bond acceptors (Lipinski definition) is 6. The van der Waals surface area contributed by atoms with Crippen LogP contribution in [0.2, 0.25) is 0 Å². The van der Waals surface area contributed by atoms with E-state index in [2.05, 4.69) is 10.0 Å². The van der Waals surface area contributed by atoms with Crippen LogP contribution in [0, 0.1) is 5.92 Å². The largest absolute Gasteiger partial charge is 0.486 e. The van der Waals surface area contributed by atoms with Crippen LogP contribution in [-0.4, -0.2) is 53.8 Å². The zero-order valence-corrected chi connectivity index (χ0v) is 16.1. The predicted molar refractivity (Wildman–Crippen MR) is 95.9 cm³/mol. The van der Waals surface area contributed by atoms with Crippen molar-refractivity contribution in [3.63, 3.8) is 0 Å². The van der Waals surface area contributed by atoms with Gasteiger partial charge in [0.1, 0.15) is 19.3 Å². The number of nitrogens with one attached hydrogen (secondary N) is 2. The highest BCUT2D eigenvalue weighted by Gasteiger charge is 2.29. The molecule has 1 amide bonds. The Bertz CT molecular complexity index is 720. The molecule has 1 aromatic rings. The quantitative estimate of drug-likeness (QED) is 0.612. The van der Waals surface area contributed by atoms with Crippen molar-refractivity contribution < 1.29 is 27.4 Å². The molecule has 0 aromatic heterocycles. The maximum absolute atomic E-state index is 12.7. The number of methoxy groups -OCH3 is 1. The van der Waals surface area contributed by atoms with E-state index < -0.39 is 16.1 Å². The molecular formula is C17H26N2O6S. The number of rotatable bonds is 9. The van der Waals surface area contributed by atoms with Gasteiger partial charge in [0.05, 0.1) is 4.90 Å². The Morgan fingerprint density at radius 1 is 1.23 bits per heavy atom. The fourth-order valence-electron chi connectivity index (χ4n) is 2.46. The summed E-state index contributed by atoms with van der Waals surface area (Å²) in [5.41, 5.74) is 0. The number of amides is 1. The molecule has 1 aliphatic rings. The molecule has 2 N–H and O–H groups in total. The molecule has 146 valence electrons. The minimum Gasteiger partial charge on any atom is -0.486 e. The molecule has 0 saturated heterocycles. The van der Waals surface area contributed by atoms with E-state index in [4.69, 9.17) is 14.2 Å². The highest BCUT2D eigenvalue weighted by molar-refractivity contribution is 7.89. The lowest BCUT2D eigenvalue weighted by molar-refractivity contribution is -0.123. The molecule has 1 aromatic carbocycles. The fourth-order valence-corrected chi connectivity index (χ4v) is 3.82. The zero-order chi connectivity index (χ0) is 19.2. The predicted octanol–water partition coefficient (Wildman–Crippen LogP) is 0.913. The van der Waals surface area contributed by atoms with Crippen LogP contribution < -0.4 is 19.5 Å². The summed E-state index contributed by atoms with van der Waals surface area (Å²) in [4.78, 5) is 12.4. The molecule has 0 bridgehead atoms. The van der Waals surface area contributed by atoms with Gasteiger partial charge in [-0.2, -0.15) is 4.72 Å². The van der Waals surface area contributed by atoms with E-state index in [1.807, 2.05) is 0 Å². The Morgan fingerprint density at radius 3 is 2.58 bits per heavy atom. The third-order valence-corrected chi connectivity index (χ3v) is 5.32. The minimum atomic E-state index is -3.89. The number of sulfonamides is 1. The van der Waals surface area contributed by atoms with Gasteiger partial charge < -0.3 is 19.5 Å². The summed E-state index contributed by atoms with van der Waals surface area (Å²) in [5.74, 6) is 0.303. The average Bonchev–Trinajstić information content (AvgIpc) is 2.62. The topological polar surface area (TPSA) is 103 Å². The number of hydrogen-bond donors (Lipinski definition) is 2. The van der Waals surface area contributed by atoms with Crippen molar-refractivity contribution in [3.8, 4) is 11.5 Å². The number of fused-ring (bicyclic) bond motifs is 1. The van der Waals surface area contributed by atoms with Gasteiger partial charge in [0.15, 0.2) is 11.5 Å². The Kier molecular flexibility index (Phi) is 7.24. The molecule has 0 radical (unpaired) electrons. The Morgan fingerprint density at radius 2 is 1.92 bits per heavy atom. The van der Waals surface area contributed by atoms with E-state index in [0.29, 0.717) is 44.3 Å². The molecule has 9 heteroatoms. The van der Waals surface area contributed by atoms with Crippen LogP contribution in [0.4, 0.5) is 0 Å². The monoisotopic (exact) mass is 386 g/mol. The van der Waals surface area contributed by atoms with E-state index >= 15 is 0 Å². The van der Waals surface area contributed by atoms with Gasteiger partial charge in [-0.3, -0.25) is 4.79 Å². The maximum Gasteiger partial charge on any atom is 0.241 e. The van der Waals surface area contributed by atoms with Crippen LogP contribution in [0.1, 0.15) is 20.3 Å². The average molecular weight is 386 g/mol. The molecular weight excluding hydrogens is 360 g/mol. The highest BCUT2D eigenvalue weighted by atomic mass is 32.2. The van der Waals surface area contributed by atoms with Crippen LogP contribution in [0.3, 0.4) is 0 Å². The lowest BCUT2D eigenvalue weighted by atomic mass is 10.1. The first kappa shape index (κ1) is 20.5. The molecule has 0 aliphatic carbocycles. The summed E-state index contributed by atoms with van der Waals surface area (Å²) in [6, 6.07) is 3.52. The Hall–Kier alpha value is -1.84. The van der Waals surface area contributed by atoms with Gasteiger partial charge in [0, 0.05) is 26.3 Å². The smallest absolute Gasteiger partial charge is 0.241 e. The van der Waals surface area contributed by atoms with Crippen LogP contribution in [0.15, 0.2) is 23.1 Å². The van der Waals surface area contributed by atoms with Gasteiger partial charge in [-0.1, -0.05) is 13.8 Å². The van der Waals surface area contributed by atoms with Crippen LogP contribution in [0.5, 0.6) is 11.5 Å². The molecule has 1 heterocycles. The Labute approximate surface area is 154 Å². The second-order valence-electron chi connectivity index (χ2n) is 6.29. The minimum absolute atomic E-state index is 0.0274. The SMILES string of the molecule is COCCCNC(=O)[C@H](NS(=O)(=O)c1ccc2c(c1)OCCO2)C(C)C. The first-order valence-corrected chi connectivity index (χ1v) is 10.0. The van der Waals surface area contributed by atoms with Crippen molar-refractivity contribution in [3.05, 3.63) is 18.2 Å². The van der Waals surface area contributed by atoms with Crippen molar-refractivity contribution in [2.75, 3.05) is 33.5 Å². The lowest BCUT2D eigenvalue weighted by Crippen LogP contribution is -2.49. The van der Waals surface area contributed by atoms with Gasteiger partial charge in [-0.15, -0.1) is 0 Å². The van der Waals surface area contributed by atoms with Crippen molar-refractivity contribution in [1.29, 1.82) is 0 Å². The van der Waals surface area contributed by atoms with Crippen molar-refractivity contribution in [2.45, 2.75) is 31.2 Å². The van der Waals surface area contributed by atoms with Crippen molar-refractivity contribution >= 4 is 15.9 Å². The number of ether oxygens (including phenoxy) is 3. The molecule has 0 saturated carbocycles. The van der Waals surface area contributed by atoms with E-state index in [-0.39, 0.29) is 16.7 Å². The van der Waals surface area contributed by atoms with Crippen LogP contribution >= 0.6 is 0 Å². The number of benzene rings is 1. The van der Waals surface area contributed by atoms with Gasteiger partial charge in [0.2, 0.25) is 15.9 Å². The molecule has 1 atom stereocenters. The first-order valence-electron chi connectivity index (χ1n) is 8.54. The zero-order valence-electron chi connectivity index (χ0n) is 15.3. The van der Waals surface area contributed by atoms with Gasteiger partial charge >= 0.3 is 0 Å². The standard InChI is InChI=1S/C17H26N2O6S/c1-12(2)16(17(20)18-7-4-8-23-3)19-26(21,22)13-5-6-14-15(11-13)25-10-9-24-14/h5-6,11-12,16,19H,4,7-10H2,1-3H3,(H,18,20)/t16-/m1/s1. The molecule has 26 heavy (non-hydrogen) atoms. The van der Waals surface area contributed by atoms with Crippen molar-refractivity contribution in [1.82, 2.24) is 10.0 Å². The summed E-state index contributed by atoms with van der Waals surface area (Å²) >= 11 is 0. The molecule has 1 aliphatic heterocycles. The molecule has 0 fully saturated rings. The third-order valence-electron chi connectivity index (χ3n) is 3.88. The molecule has 2 rings (SSSR count). The van der Waals surface area contributed by atoms with Crippen molar-refractivity contribution in [2.24, 2.45) is 5.92 Å². The van der Waals surface area contributed by atoms with Gasteiger partial charge in [-0.25, -0.2) is 8.42 Å². The number of carbonyl (C=O) groups excluding carboxylic acids is 1. The summed E-state index contributed by atoms with van der Waals surface area (Å²) < 4.78 is 43.7. The normalized spacial score (nSPS) is 14.9. The molecule has 0 spiro atoms. The fraction of sp³-hybridized carbons (Fsp3) is 0.588. The van der Waals surface area contributed by atoms with Gasteiger partial charge in [0.25, 0.3) is 0 Å². The highest BCUT2D eigenvalue weighted by Crippen LogP contribution is 2.32. The number of carbonyl (C=O) groups is 1. The Balaban J connectivity index is 2.10. The van der Waals surface area contributed by atoms with Crippen LogP contribution in [-0.2, 0) is 19.6 Å². The maximum atomic E-state index is 12.7. The van der Waals surface area contributed by atoms with E-state index in [0.717, 1.165) is 0 Å². The molecule has 0 unspecified atom stereocenters. The summed E-state index contributed by atoms with van der Waals surface area (Å²) in [6.45, 7) is 5.30. The van der Waals surface area contributed by atoms with E-state index in [1.54, 1.807) is 27.0 Å². The summed E-state index contributed by atoms with van der Waals surface area (Å²) in [5, 5.41) is 2.73. The second kappa shape index (κ2) is 9.20. The van der Waals surface area contributed by atoms with Gasteiger partial charge in [-0.05, 0) is 24.5 Å². The molecule has 8 nitrogen and oxygen atoms in total. The third kappa shape index (κ3) is 5.33. The first-order chi connectivity index (χ1) is 12.3. The summed E-state index contributed by atoms with van der Waals surface area (Å²) in [7, 11) is -2.31. The van der Waals surface area contributed by atoms with E-state index in [1.165, 1.54) is 12.1 Å². The van der Waals surface area contributed by atoms with E-state index in [9.17, 15) is 13.2 Å². The van der Waals surface area contributed by atoms with Crippen LogP contribution in [0.25, 0.3) is 0 Å².